The summed E-state index contributed by atoms with van der Waals surface area (Å²) in [5, 5.41) is 9.57. The molecule has 0 radical (unpaired) electrons. The van der Waals surface area contributed by atoms with Gasteiger partial charge in [0.15, 0.2) is 0 Å². The van der Waals surface area contributed by atoms with Gasteiger partial charge in [-0.15, -0.1) is 11.8 Å². The molecule has 0 fully saturated rings. The number of rotatable bonds is 3. The van der Waals surface area contributed by atoms with Crippen LogP contribution in [0.25, 0.3) is 0 Å². The van der Waals surface area contributed by atoms with E-state index in [-0.39, 0.29) is 5.75 Å². The Kier molecular flexibility index (Phi) is 4.04. The van der Waals surface area contributed by atoms with Crippen LogP contribution in [0.2, 0.25) is 0 Å². The van der Waals surface area contributed by atoms with E-state index in [1.165, 1.54) is 23.9 Å². The van der Waals surface area contributed by atoms with Crippen LogP contribution in [-0.4, -0.2) is 5.11 Å². The first-order chi connectivity index (χ1) is 8.97. The summed E-state index contributed by atoms with van der Waals surface area (Å²) in [6.07, 6.45) is -4.30. The molecule has 1 N–H and O–H groups in total. The van der Waals surface area contributed by atoms with Gasteiger partial charge in [-0.25, -0.2) is 0 Å². The van der Waals surface area contributed by atoms with E-state index in [9.17, 15) is 18.3 Å². The van der Waals surface area contributed by atoms with E-state index in [4.69, 9.17) is 0 Å². The summed E-state index contributed by atoms with van der Waals surface area (Å²) in [7, 11) is 0. The largest absolute Gasteiger partial charge is 0.507 e. The topological polar surface area (TPSA) is 20.2 Å². The van der Waals surface area contributed by atoms with E-state index in [0.717, 1.165) is 17.7 Å². The van der Waals surface area contributed by atoms with Crippen molar-refractivity contribution in [2.45, 2.75) is 16.8 Å². The van der Waals surface area contributed by atoms with Gasteiger partial charge in [0.25, 0.3) is 0 Å². The van der Waals surface area contributed by atoms with Crippen molar-refractivity contribution < 1.29 is 18.3 Å². The molecule has 2 rings (SSSR count). The van der Waals surface area contributed by atoms with Crippen LogP contribution in [-0.2, 0) is 11.9 Å². The maximum atomic E-state index is 12.4. The Balaban J connectivity index is 2.03. The zero-order valence-corrected chi connectivity index (χ0v) is 10.6. The Labute approximate surface area is 113 Å². The van der Waals surface area contributed by atoms with Gasteiger partial charge in [-0.2, -0.15) is 13.2 Å². The Morgan fingerprint density at radius 3 is 2.16 bits per heavy atom. The zero-order valence-electron chi connectivity index (χ0n) is 9.82. The summed E-state index contributed by atoms with van der Waals surface area (Å²) < 4.78 is 37.2. The molecule has 0 aliphatic rings. The molecule has 0 atom stereocenters. The minimum atomic E-state index is -4.30. The zero-order chi connectivity index (χ0) is 13.9. The second-order valence-corrected chi connectivity index (χ2v) is 4.97. The second kappa shape index (κ2) is 5.57. The van der Waals surface area contributed by atoms with Crippen LogP contribution in [0.15, 0.2) is 53.4 Å². The van der Waals surface area contributed by atoms with Crippen molar-refractivity contribution in [2.75, 3.05) is 0 Å². The molecule has 19 heavy (non-hydrogen) atoms. The third kappa shape index (κ3) is 3.67. The molecule has 0 unspecified atom stereocenters. The number of para-hydroxylation sites is 1. The van der Waals surface area contributed by atoms with Gasteiger partial charge >= 0.3 is 6.18 Å². The van der Waals surface area contributed by atoms with Gasteiger partial charge in [0.1, 0.15) is 5.75 Å². The van der Waals surface area contributed by atoms with Crippen molar-refractivity contribution >= 4 is 11.8 Å². The van der Waals surface area contributed by atoms with Gasteiger partial charge in [-0.05, 0) is 29.8 Å². The van der Waals surface area contributed by atoms with E-state index in [2.05, 4.69) is 0 Å². The maximum absolute atomic E-state index is 12.4. The minimum Gasteiger partial charge on any atom is -0.507 e. The molecule has 1 nitrogen and oxygen atoms in total. The van der Waals surface area contributed by atoms with Crippen molar-refractivity contribution in [1.29, 1.82) is 0 Å². The van der Waals surface area contributed by atoms with Crippen LogP contribution in [0.1, 0.15) is 11.1 Å². The molecule has 0 spiro atoms. The number of phenolic OH excluding ortho intramolecular Hbond substituents is 1. The van der Waals surface area contributed by atoms with E-state index in [0.29, 0.717) is 10.6 Å². The van der Waals surface area contributed by atoms with Crippen LogP contribution in [0.5, 0.6) is 5.75 Å². The minimum absolute atomic E-state index is 0.180. The second-order valence-electron chi connectivity index (χ2n) is 3.95. The molecule has 0 amide bonds. The van der Waals surface area contributed by atoms with Gasteiger partial charge in [0.2, 0.25) is 0 Å². The molecule has 0 aromatic heterocycles. The molecule has 0 aliphatic carbocycles. The highest BCUT2D eigenvalue weighted by molar-refractivity contribution is 7.98. The molecule has 100 valence electrons. The van der Waals surface area contributed by atoms with Crippen molar-refractivity contribution in [2.24, 2.45) is 0 Å². The molecule has 5 heteroatoms. The molecule has 0 heterocycles. The Morgan fingerprint density at radius 1 is 0.947 bits per heavy atom. The van der Waals surface area contributed by atoms with Crippen LogP contribution < -0.4 is 0 Å². The third-order valence-electron chi connectivity index (χ3n) is 2.54. The smallest absolute Gasteiger partial charge is 0.416 e. The van der Waals surface area contributed by atoms with Crippen LogP contribution >= 0.6 is 11.8 Å². The molecular weight excluding hydrogens is 273 g/mol. The van der Waals surface area contributed by atoms with Gasteiger partial charge in [0, 0.05) is 10.6 Å². The van der Waals surface area contributed by atoms with Crippen molar-refractivity contribution in [3.8, 4) is 5.75 Å². The molecular formula is C14H11F3OS. The summed E-state index contributed by atoms with van der Waals surface area (Å²) in [6, 6.07) is 11.9. The fourth-order valence-electron chi connectivity index (χ4n) is 1.53. The first-order valence-corrected chi connectivity index (χ1v) is 6.52. The fourth-order valence-corrected chi connectivity index (χ4v) is 2.44. The maximum Gasteiger partial charge on any atom is 0.416 e. The SMILES string of the molecule is Oc1ccccc1SCc1ccc(C(F)(F)F)cc1. The Hall–Kier alpha value is -1.62. The number of halogens is 3. The summed E-state index contributed by atoms with van der Waals surface area (Å²) in [4.78, 5) is 0.711. The molecule has 0 bridgehead atoms. The lowest BCUT2D eigenvalue weighted by molar-refractivity contribution is -0.137. The highest BCUT2D eigenvalue weighted by Gasteiger charge is 2.29. The summed E-state index contributed by atoms with van der Waals surface area (Å²) in [5.41, 5.74) is 0.130. The van der Waals surface area contributed by atoms with Gasteiger partial charge in [0.05, 0.1) is 5.56 Å². The predicted octanol–water partition coefficient (Wildman–Crippen LogP) is 4.70. The number of hydrogen-bond acceptors (Lipinski definition) is 2. The average molecular weight is 284 g/mol. The Bertz CT molecular complexity index is 549. The van der Waals surface area contributed by atoms with Crippen molar-refractivity contribution in [3.05, 3.63) is 59.7 Å². The number of aromatic hydroxyl groups is 1. The summed E-state index contributed by atoms with van der Waals surface area (Å²) in [5.74, 6) is 0.690. The fraction of sp³-hybridized carbons (Fsp3) is 0.143. The number of alkyl halides is 3. The monoisotopic (exact) mass is 284 g/mol. The molecule has 0 saturated carbocycles. The summed E-state index contributed by atoms with van der Waals surface area (Å²) >= 11 is 1.38. The standard InChI is InChI=1S/C14H11F3OS/c15-14(16,17)11-7-5-10(6-8-11)9-19-13-4-2-1-3-12(13)18/h1-8,18H,9H2. The van der Waals surface area contributed by atoms with E-state index in [1.807, 2.05) is 0 Å². The Morgan fingerprint density at radius 2 is 1.58 bits per heavy atom. The lowest BCUT2D eigenvalue weighted by Crippen LogP contribution is -2.04. The van der Waals surface area contributed by atoms with Crippen molar-refractivity contribution in [3.63, 3.8) is 0 Å². The average Bonchev–Trinajstić information content (AvgIpc) is 2.37. The normalized spacial score (nSPS) is 11.5. The van der Waals surface area contributed by atoms with E-state index >= 15 is 0 Å². The molecule has 0 saturated heterocycles. The van der Waals surface area contributed by atoms with Crippen molar-refractivity contribution in [1.82, 2.24) is 0 Å². The van der Waals surface area contributed by atoms with E-state index < -0.39 is 11.7 Å². The molecule has 2 aromatic rings. The summed E-state index contributed by atoms with van der Waals surface area (Å²) in [6.45, 7) is 0. The lowest BCUT2D eigenvalue weighted by Gasteiger charge is -2.08. The highest BCUT2D eigenvalue weighted by atomic mass is 32.2. The first-order valence-electron chi connectivity index (χ1n) is 5.54. The van der Waals surface area contributed by atoms with E-state index in [1.54, 1.807) is 24.3 Å². The number of phenols is 1. The highest BCUT2D eigenvalue weighted by Crippen LogP contribution is 2.32. The lowest BCUT2D eigenvalue weighted by atomic mass is 10.1. The molecule has 0 aliphatic heterocycles. The van der Waals surface area contributed by atoms with Crippen LogP contribution in [0.4, 0.5) is 13.2 Å². The number of benzene rings is 2. The van der Waals surface area contributed by atoms with Gasteiger partial charge in [-0.3, -0.25) is 0 Å². The first kappa shape index (κ1) is 13.8. The predicted molar refractivity (Wildman–Crippen MR) is 69.1 cm³/mol. The third-order valence-corrected chi connectivity index (χ3v) is 3.67. The quantitative estimate of drug-likeness (QED) is 0.824. The van der Waals surface area contributed by atoms with Gasteiger partial charge in [-0.1, -0.05) is 24.3 Å². The molecule has 2 aromatic carbocycles. The van der Waals surface area contributed by atoms with Crippen LogP contribution in [0, 0.1) is 0 Å². The van der Waals surface area contributed by atoms with Crippen LogP contribution in [0.3, 0.4) is 0 Å². The number of thioether (sulfide) groups is 1. The number of hydrogen-bond donors (Lipinski definition) is 1. The van der Waals surface area contributed by atoms with Gasteiger partial charge < -0.3 is 5.11 Å².